The normalized spacial score (nSPS) is 13.5. The average molecular weight is 674 g/mol. The summed E-state index contributed by atoms with van der Waals surface area (Å²) in [5.74, 6) is 0.351. The maximum Gasteiger partial charge on any atom is 0.243 e. The monoisotopic (exact) mass is 673 g/mol. The van der Waals surface area contributed by atoms with Crippen LogP contribution in [0.3, 0.4) is 0 Å². The SMILES string of the molecule is COc1ccc(CCNC(=O)[C@H](Cc2ccccc2)N(Cc2ccc(Cl)cc2)C(=O)CCc2ccc(S(=O)(=O)NC3CC3)cc2)cc1. The molecule has 1 aliphatic rings. The highest BCUT2D eigenvalue weighted by molar-refractivity contribution is 7.89. The molecule has 0 aromatic heterocycles. The molecule has 4 aromatic rings. The van der Waals surface area contributed by atoms with Gasteiger partial charge in [0.2, 0.25) is 21.8 Å². The van der Waals surface area contributed by atoms with Gasteiger partial charge in [0, 0.05) is 37.0 Å². The number of aryl methyl sites for hydroxylation is 1. The maximum atomic E-state index is 14.0. The molecule has 0 heterocycles. The second-order valence-electron chi connectivity index (χ2n) is 11.8. The highest BCUT2D eigenvalue weighted by Gasteiger charge is 2.31. The van der Waals surface area contributed by atoms with Gasteiger partial charge in [-0.2, -0.15) is 0 Å². The summed E-state index contributed by atoms with van der Waals surface area (Å²) in [6, 6.07) is 30.5. The van der Waals surface area contributed by atoms with Gasteiger partial charge in [-0.3, -0.25) is 9.59 Å². The predicted octanol–water partition coefficient (Wildman–Crippen LogP) is 5.72. The third kappa shape index (κ3) is 10.2. The molecular formula is C37H40ClN3O5S. The molecule has 0 spiro atoms. The maximum absolute atomic E-state index is 14.0. The number of carbonyl (C=O) groups excluding carboxylic acids is 2. The molecule has 10 heteroatoms. The summed E-state index contributed by atoms with van der Waals surface area (Å²) in [5, 5.41) is 3.66. The zero-order chi connectivity index (χ0) is 33.2. The molecule has 1 aliphatic carbocycles. The smallest absolute Gasteiger partial charge is 0.243 e. The van der Waals surface area contributed by atoms with Crippen LogP contribution in [0.2, 0.25) is 5.02 Å². The number of nitrogens with zero attached hydrogens (tertiary/aromatic N) is 1. The summed E-state index contributed by atoms with van der Waals surface area (Å²) in [6.45, 7) is 0.633. The Bertz CT molecular complexity index is 1730. The van der Waals surface area contributed by atoms with E-state index in [0.29, 0.717) is 30.8 Å². The zero-order valence-electron chi connectivity index (χ0n) is 26.4. The van der Waals surface area contributed by atoms with Gasteiger partial charge in [0.15, 0.2) is 0 Å². The number of rotatable bonds is 16. The first-order valence-corrected chi connectivity index (χ1v) is 17.7. The molecule has 0 radical (unpaired) electrons. The zero-order valence-corrected chi connectivity index (χ0v) is 28.0. The molecule has 0 bridgehead atoms. The number of carbonyl (C=O) groups is 2. The van der Waals surface area contributed by atoms with Crippen molar-refractivity contribution in [3.8, 4) is 5.75 Å². The van der Waals surface area contributed by atoms with E-state index in [2.05, 4.69) is 10.0 Å². The van der Waals surface area contributed by atoms with Crippen molar-refractivity contribution in [3.63, 3.8) is 0 Å². The lowest BCUT2D eigenvalue weighted by molar-refractivity contribution is -0.141. The number of amides is 2. The summed E-state index contributed by atoms with van der Waals surface area (Å²) >= 11 is 6.15. The van der Waals surface area contributed by atoms with E-state index in [4.69, 9.17) is 16.3 Å². The first-order valence-electron chi connectivity index (χ1n) is 15.8. The van der Waals surface area contributed by atoms with Gasteiger partial charge >= 0.3 is 0 Å². The van der Waals surface area contributed by atoms with Crippen molar-refractivity contribution in [3.05, 3.63) is 130 Å². The van der Waals surface area contributed by atoms with Crippen LogP contribution in [0.5, 0.6) is 5.75 Å². The number of benzene rings is 4. The minimum absolute atomic E-state index is 0.0207. The van der Waals surface area contributed by atoms with Gasteiger partial charge in [-0.25, -0.2) is 13.1 Å². The molecule has 1 fully saturated rings. The van der Waals surface area contributed by atoms with E-state index in [1.807, 2.05) is 66.7 Å². The summed E-state index contributed by atoms with van der Waals surface area (Å²) in [6.07, 6.45) is 3.22. The fourth-order valence-electron chi connectivity index (χ4n) is 5.30. The van der Waals surface area contributed by atoms with E-state index < -0.39 is 16.1 Å². The molecule has 5 rings (SSSR count). The lowest BCUT2D eigenvalue weighted by Crippen LogP contribution is -2.50. The number of ether oxygens (including phenoxy) is 1. The molecule has 0 unspecified atom stereocenters. The van der Waals surface area contributed by atoms with Crippen LogP contribution < -0.4 is 14.8 Å². The molecule has 8 nitrogen and oxygen atoms in total. The van der Waals surface area contributed by atoms with Crippen molar-refractivity contribution in [2.75, 3.05) is 13.7 Å². The van der Waals surface area contributed by atoms with Crippen LogP contribution in [-0.2, 0) is 45.4 Å². The molecule has 246 valence electrons. The topological polar surface area (TPSA) is 105 Å². The Labute approximate surface area is 282 Å². The van der Waals surface area contributed by atoms with Crippen molar-refractivity contribution in [1.82, 2.24) is 14.9 Å². The van der Waals surface area contributed by atoms with E-state index in [-0.39, 0.29) is 35.7 Å². The van der Waals surface area contributed by atoms with Gasteiger partial charge in [-0.15, -0.1) is 0 Å². The van der Waals surface area contributed by atoms with Crippen LogP contribution in [0.25, 0.3) is 0 Å². The van der Waals surface area contributed by atoms with Gasteiger partial charge < -0.3 is 15.0 Å². The third-order valence-corrected chi connectivity index (χ3v) is 9.96. The van der Waals surface area contributed by atoms with Crippen molar-refractivity contribution in [2.45, 2.75) is 62.0 Å². The van der Waals surface area contributed by atoms with Crippen LogP contribution in [0.4, 0.5) is 0 Å². The molecule has 1 atom stereocenters. The molecule has 0 aliphatic heterocycles. The fourth-order valence-corrected chi connectivity index (χ4v) is 6.73. The molecule has 1 saturated carbocycles. The van der Waals surface area contributed by atoms with Crippen LogP contribution in [-0.4, -0.2) is 50.9 Å². The lowest BCUT2D eigenvalue weighted by atomic mass is 10.0. The van der Waals surface area contributed by atoms with Crippen molar-refractivity contribution in [1.29, 1.82) is 0 Å². The van der Waals surface area contributed by atoms with Crippen LogP contribution in [0.1, 0.15) is 41.5 Å². The Morgan fingerprint density at radius 1 is 0.830 bits per heavy atom. The standard InChI is InChI=1S/C37H40ClN3O5S/c1-46-33-18-9-28(10-19-33)23-24-39-37(43)35(25-29-5-3-2-4-6-29)41(26-30-7-14-31(38)15-8-30)36(42)22-13-27-11-20-34(21-12-27)47(44,45)40-32-16-17-32/h2-12,14-15,18-21,32,35,40H,13,16-17,22-26H2,1H3,(H,39,43)/t35-/m0/s1. The Kier molecular flexibility index (Phi) is 11.7. The van der Waals surface area contributed by atoms with Gasteiger partial charge in [0.1, 0.15) is 11.8 Å². The van der Waals surface area contributed by atoms with Crippen LogP contribution in [0.15, 0.2) is 108 Å². The number of methoxy groups -OCH3 is 1. The summed E-state index contributed by atoms with van der Waals surface area (Å²) in [5.41, 5.74) is 3.68. The van der Waals surface area contributed by atoms with Crippen LogP contribution >= 0.6 is 11.6 Å². The van der Waals surface area contributed by atoms with Crippen molar-refractivity contribution < 1.29 is 22.7 Å². The lowest BCUT2D eigenvalue weighted by Gasteiger charge is -2.32. The molecule has 4 aromatic carbocycles. The highest BCUT2D eigenvalue weighted by atomic mass is 35.5. The Morgan fingerprint density at radius 3 is 2.09 bits per heavy atom. The number of sulfonamides is 1. The van der Waals surface area contributed by atoms with Gasteiger partial charge in [0.25, 0.3) is 0 Å². The van der Waals surface area contributed by atoms with Gasteiger partial charge in [-0.05, 0) is 84.3 Å². The molecule has 2 N–H and O–H groups in total. The molecular weight excluding hydrogens is 634 g/mol. The number of hydrogen-bond acceptors (Lipinski definition) is 5. The average Bonchev–Trinajstić information content (AvgIpc) is 3.90. The van der Waals surface area contributed by atoms with E-state index in [1.165, 1.54) is 0 Å². The Hall–Kier alpha value is -4.18. The first kappa shape index (κ1) is 34.2. The Balaban J connectivity index is 1.33. The Morgan fingerprint density at radius 2 is 1.45 bits per heavy atom. The first-order chi connectivity index (χ1) is 22.7. The second kappa shape index (κ2) is 16.1. The number of hydrogen-bond donors (Lipinski definition) is 2. The van der Waals surface area contributed by atoms with Crippen LogP contribution in [0, 0.1) is 0 Å². The minimum Gasteiger partial charge on any atom is -0.497 e. The minimum atomic E-state index is -3.56. The third-order valence-electron chi connectivity index (χ3n) is 8.17. The van der Waals surface area contributed by atoms with E-state index in [9.17, 15) is 18.0 Å². The summed E-state index contributed by atoms with van der Waals surface area (Å²) in [4.78, 5) is 29.8. The largest absolute Gasteiger partial charge is 0.497 e. The fraction of sp³-hybridized carbons (Fsp3) is 0.297. The molecule has 47 heavy (non-hydrogen) atoms. The van der Waals surface area contributed by atoms with E-state index in [1.54, 1.807) is 48.4 Å². The summed E-state index contributed by atoms with van der Waals surface area (Å²) < 4.78 is 33.1. The number of nitrogens with one attached hydrogen (secondary N) is 2. The van der Waals surface area contributed by atoms with Crippen molar-refractivity contribution in [2.24, 2.45) is 0 Å². The number of halogens is 1. The van der Waals surface area contributed by atoms with Gasteiger partial charge in [-0.1, -0.05) is 78.3 Å². The van der Waals surface area contributed by atoms with Gasteiger partial charge in [0.05, 0.1) is 12.0 Å². The van der Waals surface area contributed by atoms with E-state index >= 15 is 0 Å². The van der Waals surface area contributed by atoms with E-state index in [0.717, 1.165) is 40.8 Å². The molecule has 2 amide bonds. The van der Waals surface area contributed by atoms with Crippen molar-refractivity contribution >= 4 is 33.4 Å². The quantitative estimate of drug-likeness (QED) is 0.158. The second-order valence-corrected chi connectivity index (χ2v) is 13.9. The summed E-state index contributed by atoms with van der Waals surface area (Å²) in [7, 11) is -1.94. The highest BCUT2D eigenvalue weighted by Crippen LogP contribution is 2.23. The molecule has 0 saturated heterocycles. The predicted molar refractivity (Wildman–Crippen MR) is 184 cm³/mol.